The fourth-order valence-electron chi connectivity index (χ4n) is 2.24. The van der Waals surface area contributed by atoms with E-state index in [9.17, 15) is 4.79 Å². The molecule has 0 aliphatic carbocycles. The van der Waals surface area contributed by atoms with Crippen LogP contribution in [-0.2, 0) is 4.74 Å². The van der Waals surface area contributed by atoms with Crippen LogP contribution >= 0.6 is 11.6 Å². The molecule has 122 valence electrons. The molecule has 1 heterocycles. The van der Waals surface area contributed by atoms with E-state index in [1.807, 2.05) is 31.2 Å². The van der Waals surface area contributed by atoms with Crippen molar-refractivity contribution in [2.75, 3.05) is 12.4 Å². The quantitative estimate of drug-likeness (QED) is 0.688. The van der Waals surface area contributed by atoms with Crippen LogP contribution in [0, 0.1) is 6.92 Å². The Morgan fingerprint density at radius 2 is 1.79 bits per heavy atom. The third-order valence-electron chi connectivity index (χ3n) is 3.51. The van der Waals surface area contributed by atoms with E-state index in [4.69, 9.17) is 20.9 Å². The Hall–Kier alpha value is -2.79. The summed E-state index contributed by atoms with van der Waals surface area (Å²) in [6, 6.07) is 14.7. The molecule has 3 rings (SSSR count). The minimum atomic E-state index is -0.532. The van der Waals surface area contributed by atoms with Gasteiger partial charge in [-0.3, -0.25) is 0 Å². The first-order chi connectivity index (χ1) is 11.6. The Bertz CT molecular complexity index is 855. The topological polar surface area (TPSA) is 64.4 Å². The second kappa shape index (κ2) is 6.76. The van der Waals surface area contributed by atoms with Crippen LogP contribution < -0.4 is 5.32 Å². The summed E-state index contributed by atoms with van der Waals surface area (Å²) in [7, 11) is 1.32. The number of benzene rings is 2. The maximum atomic E-state index is 12.2. The largest absolute Gasteiger partial charge is 0.465 e. The maximum absolute atomic E-state index is 12.2. The molecule has 1 aromatic heterocycles. The highest BCUT2D eigenvalue weighted by molar-refractivity contribution is 6.30. The molecule has 3 aromatic rings. The van der Waals surface area contributed by atoms with Crippen LogP contribution in [0.25, 0.3) is 11.3 Å². The number of ether oxygens (including phenoxy) is 1. The van der Waals surface area contributed by atoms with Gasteiger partial charge >= 0.3 is 5.97 Å². The molecule has 0 bridgehead atoms. The molecule has 0 radical (unpaired) electrons. The number of carbonyl (C=O) groups is 1. The van der Waals surface area contributed by atoms with Gasteiger partial charge in [0.25, 0.3) is 0 Å². The van der Waals surface area contributed by atoms with Crippen LogP contribution in [0.1, 0.15) is 15.9 Å². The summed E-state index contributed by atoms with van der Waals surface area (Å²) in [6.45, 7) is 2.00. The zero-order valence-electron chi connectivity index (χ0n) is 13.2. The second-order valence-electron chi connectivity index (χ2n) is 5.22. The summed E-state index contributed by atoms with van der Waals surface area (Å²) in [4.78, 5) is 12.2. The average molecular weight is 343 g/mol. The lowest BCUT2D eigenvalue weighted by atomic mass is 10.1. The predicted octanol–water partition coefficient (Wildman–Crippen LogP) is 4.83. The van der Waals surface area contributed by atoms with Gasteiger partial charge in [-0.15, -0.1) is 0 Å². The molecule has 0 aliphatic heterocycles. The van der Waals surface area contributed by atoms with Gasteiger partial charge in [0, 0.05) is 16.3 Å². The lowest BCUT2D eigenvalue weighted by Gasteiger charge is -2.05. The highest BCUT2D eigenvalue weighted by Crippen LogP contribution is 2.32. The van der Waals surface area contributed by atoms with Crippen molar-refractivity contribution in [1.29, 1.82) is 0 Å². The first-order valence-electron chi connectivity index (χ1n) is 7.26. The molecule has 24 heavy (non-hydrogen) atoms. The summed E-state index contributed by atoms with van der Waals surface area (Å²) >= 11 is 5.91. The number of methoxy groups -OCH3 is 1. The fourth-order valence-corrected chi connectivity index (χ4v) is 2.37. The summed E-state index contributed by atoms with van der Waals surface area (Å²) < 4.78 is 10.2. The molecule has 0 amide bonds. The van der Waals surface area contributed by atoms with E-state index in [-0.39, 0.29) is 11.4 Å². The lowest BCUT2D eigenvalue weighted by Crippen LogP contribution is -2.05. The van der Waals surface area contributed by atoms with Crippen molar-refractivity contribution in [2.45, 2.75) is 6.92 Å². The summed E-state index contributed by atoms with van der Waals surface area (Å²) in [6.07, 6.45) is 0. The smallest absolute Gasteiger partial charge is 0.345 e. The van der Waals surface area contributed by atoms with Crippen LogP contribution in [0.2, 0.25) is 5.02 Å². The SMILES string of the molecule is COC(=O)c1c(-c2ccc(Cl)cc2)noc1Nc1ccc(C)cc1. The van der Waals surface area contributed by atoms with Gasteiger partial charge in [-0.25, -0.2) is 4.79 Å². The minimum Gasteiger partial charge on any atom is -0.465 e. The van der Waals surface area contributed by atoms with E-state index in [0.717, 1.165) is 11.3 Å². The lowest BCUT2D eigenvalue weighted by molar-refractivity contribution is 0.0602. The molecule has 0 unspecified atom stereocenters. The van der Waals surface area contributed by atoms with E-state index >= 15 is 0 Å². The van der Waals surface area contributed by atoms with Crippen molar-refractivity contribution in [3.05, 3.63) is 64.7 Å². The average Bonchev–Trinajstić information content (AvgIpc) is 3.00. The highest BCUT2D eigenvalue weighted by Gasteiger charge is 2.25. The maximum Gasteiger partial charge on any atom is 0.345 e. The number of nitrogens with zero attached hydrogens (tertiary/aromatic N) is 1. The molecule has 0 spiro atoms. The Kier molecular flexibility index (Phi) is 4.53. The molecule has 0 saturated carbocycles. The number of hydrogen-bond acceptors (Lipinski definition) is 5. The molecule has 0 aliphatic rings. The summed E-state index contributed by atoms with van der Waals surface area (Å²) in [5.74, 6) is -0.300. The zero-order chi connectivity index (χ0) is 17.1. The number of nitrogens with one attached hydrogen (secondary N) is 1. The van der Waals surface area contributed by atoms with Crippen LogP contribution in [0.15, 0.2) is 53.1 Å². The van der Waals surface area contributed by atoms with Gasteiger partial charge in [-0.2, -0.15) is 0 Å². The number of carbonyl (C=O) groups excluding carboxylic acids is 1. The number of anilines is 2. The number of rotatable bonds is 4. The molecule has 1 N–H and O–H groups in total. The van der Waals surface area contributed by atoms with E-state index in [2.05, 4.69) is 10.5 Å². The van der Waals surface area contributed by atoms with Gasteiger partial charge in [-0.1, -0.05) is 46.6 Å². The van der Waals surface area contributed by atoms with Gasteiger partial charge < -0.3 is 14.6 Å². The highest BCUT2D eigenvalue weighted by atomic mass is 35.5. The first-order valence-corrected chi connectivity index (χ1v) is 7.64. The van der Waals surface area contributed by atoms with Crippen molar-refractivity contribution in [3.63, 3.8) is 0 Å². The zero-order valence-corrected chi connectivity index (χ0v) is 13.9. The number of aryl methyl sites for hydroxylation is 1. The van der Waals surface area contributed by atoms with Crippen LogP contribution in [0.4, 0.5) is 11.6 Å². The molecule has 6 heteroatoms. The van der Waals surface area contributed by atoms with Gasteiger partial charge in [0.15, 0.2) is 5.56 Å². The molecule has 0 fully saturated rings. The minimum absolute atomic E-state index is 0.232. The summed E-state index contributed by atoms with van der Waals surface area (Å²) in [5, 5.41) is 7.67. The molecule has 5 nitrogen and oxygen atoms in total. The number of hydrogen-bond donors (Lipinski definition) is 1. The van der Waals surface area contributed by atoms with E-state index in [1.165, 1.54) is 7.11 Å². The fraction of sp³-hybridized carbons (Fsp3) is 0.111. The van der Waals surface area contributed by atoms with Crippen LogP contribution in [-0.4, -0.2) is 18.2 Å². The van der Waals surface area contributed by atoms with Crippen LogP contribution in [0.5, 0.6) is 0 Å². The van der Waals surface area contributed by atoms with Crippen molar-refractivity contribution in [3.8, 4) is 11.3 Å². The third-order valence-corrected chi connectivity index (χ3v) is 3.76. The summed E-state index contributed by atoms with van der Waals surface area (Å²) in [5.41, 5.74) is 3.26. The Balaban J connectivity index is 2.02. The van der Waals surface area contributed by atoms with Crippen molar-refractivity contribution in [1.82, 2.24) is 5.16 Å². The monoisotopic (exact) mass is 342 g/mol. The van der Waals surface area contributed by atoms with Crippen molar-refractivity contribution >= 4 is 29.1 Å². The molecular formula is C18H15ClN2O3. The first kappa shape index (κ1) is 16.1. The number of esters is 1. The third kappa shape index (κ3) is 3.26. The van der Waals surface area contributed by atoms with E-state index < -0.39 is 5.97 Å². The van der Waals surface area contributed by atoms with Crippen molar-refractivity contribution in [2.24, 2.45) is 0 Å². The van der Waals surface area contributed by atoms with Gasteiger partial charge in [-0.05, 0) is 31.2 Å². The van der Waals surface area contributed by atoms with Gasteiger partial charge in [0.2, 0.25) is 5.88 Å². The Labute approximate surface area is 144 Å². The molecule has 2 aromatic carbocycles. The molecule has 0 atom stereocenters. The standard InChI is InChI=1S/C18H15ClN2O3/c1-11-3-9-14(10-4-11)20-17-15(18(22)23-2)16(21-24-17)12-5-7-13(19)8-6-12/h3-10,20H,1-2H3. The van der Waals surface area contributed by atoms with Crippen LogP contribution in [0.3, 0.4) is 0 Å². The predicted molar refractivity (Wildman–Crippen MR) is 92.8 cm³/mol. The van der Waals surface area contributed by atoms with Gasteiger partial charge in [0.05, 0.1) is 7.11 Å². The number of aromatic nitrogens is 1. The van der Waals surface area contributed by atoms with Crippen molar-refractivity contribution < 1.29 is 14.1 Å². The Morgan fingerprint density at radius 3 is 2.42 bits per heavy atom. The molecular weight excluding hydrogens is 328 g/mol. The normalized spacial score (nSPS) is 10.5. The number of halogens is 1. The van der Waals surface area contributed by atoms with E-state index in [0.29, 0.717) is 16.3 Å². The second-order valence-corrected chi connectivity index (χ2v) is 5.66. The molecule has 0 saturated heterocycles. The van der Waals surface area contributed by atoms with E-state index in [1.54, 1.807) is 24.3 Å². The Morgan fingerprint density at radius 1 is 1.12 bits per heavy atom. The van der Waals surface area contributed by atoms with Gasteiger partial charge in [0.1, 0.15) is 5.69 Å².